The number of unbranched alkanes of at least 4 members (excludes halogenated alkanes) is 5. The minimum atomic E-state index is -0.877. The minimum absolute atomic E-state index is 0.240. The van der Waals surface area contributed by atoms with Crippen molar-refractivity contribution in [1.82, 2.24) is 0 Å². The van der Waals surface area contributed by atoms with E-state index < -0.39 is 18.1 Å². The van der Waals surface area contributed by atoms with E-state index >= 15 is 0 Å². The summed E-state index contributed by atoms with van der Waals surface area (Å²) in [6.07, 6.45) is 6.43. The number of rotatable bonds is 11. The fourth-order valence-electron chi connectivity index (χ4n) is 5.33. The van der Waals surface area contributed by atoms with Crippen LogP contribution in [0.15, 0.2) is 78.9 Å². The predicted molar refractivity (Wildman–Crippen MR) is 149 cm³/mol. The second kappa shape index (κ2) is 11.8. The third-order valence-electron chi connectivity index (χ3n) is 7.41. The average molecular weight is 513 g/mol. The van der Waals surface area contributed by atoms with Gasteiger partial charge in [0.2, 0.25) is 5.91 Å². The van der Waals surface area contributed by atoms with E-state index in [2.05, 4.69) is 6.92 Å². The second-order valence-electron chi connectivity index (χ2n) is 10.2. The summed E-state index contributed by atoms with van der Waals surface area (Å²) in [7, 11) is 0. The number of benzene rings is 3. The Labute approximate surface area is 225 Å². The Kier molecular flexibility index (Phi) is 8.08. The van der Waals surface area contributed by atoms with Crippen LogP contribution in [-0.2, 0) is 14.4 Å². The van der Waals surface area contributed by atoms with Gasteiger partial charge in [0.15, 0.2) is 6.10 Å². The van der Waals surface area contributed by atoms with Crippen LogP contribution in [0.2, 0.25) is 0 Å². The van der Waals surface area contributed by atoms with E-state index in [0.717, 1.165) is 29.0 Å². The van der Waals surface area contributed by atoms with Gasteiger partial charge in [-0.15, -0.1) is 0 Å². The number of hydrogen-bond acceptors (Lipinski definition) is 5. The topological polar surface area (TPSA) is 59.1 Å². The molecule has 0 bridgehead atoms. The summed E-state index contributed by atoms with van der Waals surface area (Å²) in [6.45, 7) is 4.89. The highest BCUT2D eigenvalue weighted by molar-refractivity contribution is 6.23. The van der Waals surface area contributed by atoms with Crippen molar-refractivity contribution in [3.63, 3.8) is 0 Å². The van der Waals surface area contributed by atoms with Gasteiger partial charge >= 0.3 is 0 Å². The third-order valence-corrected chi connectivity index (χ3v) is 7.41. The lowest BCUT2D eigenvalue weighted by Crippen LogP contribution is -2.37. The smallest absolute Gasteiger partial charge is 0.266 e. The summed E-state index contributed by atoms with van der Waals surface area (Å²) in [5.74, 6) is -0.417. The van der Waals surface area contributed by atoms with Crippen LogP contribution < -0.4 is 14.7 Å². The summed E-state index contributed by atoms with van der Waals surface area (Å²) in [6, 6.07) is 24.5. The van der Waals surface area contributed by atoms with Crippen LogP contribution in [0.4, 0.5) is 11.4 Å². The van der Waals surface area contributed by atoms with Crippen LogP contribution >= 0.6 is 0 Å². The molecule has 0 saturated carbocycles. The summed E-state index contributed by atoms with van der Waals surface area (Å²) in [5.41, 5.74) is 3.35. The van der Waals surface area contributed by atoms with Gasteiger partial charge < -0.3 is 4.74 Å². The van der Waals surface area contributed by atoms with Crippen molar-refractivity contribution in [3.05, 3.63) is 90.0 Å². The predicted octanol–water partition coefficient (Wildman–Crippen LogP) is 6.79. The molecule has 2 amide bonds. The molecule has 3 atom stereocenters. The minimum Gasteiger partial charge on any atom is -0.494 e. The van der Waals surface area contributed by atoms with Crippen LogP contribution in [-0.4, -0.2) is 24.5 Å². The molecule has 2 aliphatic heterocycles. The number of hydroxylamine groups is 1. The van der Waals surface area contributed by atoms with Crippen molar-refractivity contribution in [3.8, 4) is 5.75 Å². The number of aryl methyl sites for hydroxylation is 1. The molecule has 198 valence electrons. The van der Waals surface area contributed by atoms with Crippen molar-refractivity contribution in [2.45, 2.75) is 64.5 Å². The Bertz CT molecular complexity index is 1230. The zero-order valence-corrected chi connectivity index (χ0v) is 22.2. The molecule has 3 aromatic rings. The van der Waals surface area contributed by atoms with Crippen LogP contribution in [0, 0.1) is 12.8 Å². The van der Waals surface area contributed by atoms with Crippen molar-refractivity contribution in [2.24, 2.45) is 5.92 Å². The molecule has 5 rings (SSSR count). The van der Waals surface area contributed by atoms with Gasteiger partial charge in [0.05, 0.1) is 24.0 Å². The van der Waals surface area contributed by atoms with Crippen molar-refractivity contribution >= 4 is 23.2 Å². The van der Waals surface area contributed by atoms with Gasteiger partial charge in [0, 0.05) is 0 Å². The van der Waals surface area contributed by atoms with E-state index in [1.165, 1.54) is 37.0 Å². The molecule has 6 nitrogen and oxygen atoms in total. The number of carbonyl (C=O) groups excluding carboxylic acids is 2. The molecule has 0 aliphatic carbocycles. The van der Waals surface area contributed by atoms with Crippen LogP contribution in [0.3, 0.4) is 0 Å². The Morgan fingerprint density at radius 3 is 2.16 bits per heavy atom. The maximum atomic E-state index is 13.8. The molecule has 38 heavy (non-hydrogen) atoms. The highest BCUT2D eigenvalue weighted by Crippen LogP contribution is 2.47. The molecule has 2 aliphatic rings. The number of para-hydroxylation sites is 1. The number of nitrogens with zero attached hydrogens (tertiary/aromatic N) is 2. The zero-order chi connectivity index (χ0) is 26.5. The maximum Gasteiger partial charge on any atom is 0.266 e. The fraction of sp³-hybridized carbons (Fsp3) is 0.375. The SMILES string of the molecule is CCCCCCCCOc1ccc([C@H]2[C@H]3C(=O)N(c4ccc(C)cc4)C(=O)[C@@H]3ON2c2ccccc2)cc1. The lowest BCUT2D eigenvalue weighted by atomic mass is 9.90. The van der Waals surface area contributed by atoms with E-state index in [0.29, 0.717) is 12.3 Å². The maximum absolute atomic E-state index is 13.8. The van der Waals surface area contributed by atoms with Crippen LogP contribution in [0.5, 0.6) is 5.75 Å². The summed E-state index contributed by atoms with van der Waals surface area (Å²) >= 11 is 0. The number of hydrogen-bond donors (Lipinski definition) is 0. The summed E-state index contributed by atoms with van der Waals surface area (Å²) < 4.78 is 5.98. The Morgan fingerprint density at radius 2 is 1.45 bits per heavy atom. The molecular weight excluding hydrogens is 476 g/mol. The summed E-state index contributed by atoms with van der Waals surface area (Å²) in [4.78, 5) is 34.7. The van der Waals surface area contributed by atoms with Crippen LogP contribution in [0.25, 0.3) is 0 Å². The first-order valence-electron chi connectivity index (χ1n) is 13.8. The van der Waals surface area contributed by atoms with Gasteiger partial charge in [-0.25, -0.2) is 9.96 Å². The summed E-state index contributed by atoms with van der Waals surface area (Å²) in [5, 5.41) is 1.73. The van der Waals surface area contributed by atoms with Gasteiger partial charge in [-0.2, -0.15) is 0 Å². The Morgan fingerprint density at radius 1 is 0.763 bits per heavy atom. The van der Waals surface area contributed by atoms with E-state index in [1.807, 2.05) is 85.8 Å². The Balaban J connectivity index is 1.35. The zero-order valence-electron chi connectivity index (χ0n) is 22.2. The molecule has 0 N–H and O–H groups in total. The number of carbonyl (C=O) groups is 2. The monoisotopic (exact) mass is 512 g/mol. The molecule has 2 fully saturated rings. The molecule has 0 spiro atoms. The number of ether oxygens (including phenoxy) is 1. The lowest BCUT2D eigenvalue weighted by Gasteiger charge is -2.29. The number of imide groups is 1. The molecule has 2 saturated heterocycles. The van der Waals surface area contributed by atoms with Crippen molar-refractivity contribution < 1.29 is 19.2 Å². The van der Waals surface area contributed by atoms with Gasteiger partial charge in [0.25, 0.3) is 5.91 Å². The van der Waals surface area contributed by atoms with E-state index in [-0.39, 0.29) is 11.8 Å². The fourth-order valence-corrected chi connectivity index (χ4v) is 5.33. The molecule has 0 radical (unpaired) electrons. The normalized spacial score (nSPS) is 20.7. The van der Waals surface area contributed by atoms with Crippen molar-refractivity contribution in [2.75, 3.05) is 16.6 Å². The second-order valence-corrected chi connectivity index (χ2v) is 10.2. The largest absolute Gasteiger partial charge is 0.494 e. The average Bonchev–Trinajstić information content (AvgIpc) is 3.45. The van der Waals surface area contributed by atoms with Gasteiger partial charge in [0.1, 0.15) is 11.7 Å². The molecule has 0 aromatic heterocycles. The first kappa shape index (κ1) is 26.0. The molecular formula is C32H36N2O4. The number of fused-ring (bicyclic) bond motifs is 1. The highest BCUT2D eigenvalue weighted by atomic mass is 16.7. The molecule has 6 heteroatoms. The van der Waals surface area contributed by atoms with Gasteiger partial charge in [-0.1, -0.05) is 87.1 Å². The molecule has 3 aromatic carbocycles. The quantitative estimate of drug-likeness (QED) is 0.209. The van der Waals surface area contributed by atoms with Crippen LogP contribution in [0.1, 0.15) is 62.6 Å². The Hall–Kier alpha value is -3.64. The third kappa shape index (κ3) is 5.32. The molecule has 2 heterocycles. The number of amides is 2. The standard InChI is InChI=1S/C32H36N2O4/c1-3-4-5-6-7-11-22-37-27-20-16-24(17-21-27)29-28-30(38-34(29)26-12-9-8-10-13-26)32(36)33(31(28)35)25-18-14-23(2)15-19-25/h8-10,12-21,28-30H,3-7,11,22H2,1-2H3/t28-,29+,30-/m1/s1. The number of anilines is 2. The van der Waals surface area contributed by atoms with Gasteiger partial charge in [-0.3, -0.25) is 14.4 Å². The van der Waals surface area contributed by atoms with E-state index in [9.17, 15) is 9.59 Å². The first-order chi connectivity index (χ1) is 18.6. The van der Waals surface area contributed by atoms with Gasteiger partial charge in [-0.05, 0) is 55.3 Å². The lowest BCUT2D eigenvalue weighted by molar-refractivity contribution is -0.126. The van der Waals surface area contributed by atoms with E-state index in [1.54, 1.807) is 5.06 Å². The molecule has 0 unspecified atom stereocenters. The highest BCUT2D eigenvalue weighted by Gasteiger charge is 2.60. The van der Waals surface area contributed by atoms with Crippen molar-refractivity contribution in [1.29, 1.82) is 0 Å². The first-order valence-corrected chi connectivity index (χ1v) is 13.8. The van der Waals surface area contributed by atoms with E-state index in [4.69, 9.17) is 9.57 Å².